The Hall–Kier alpha value is -2.53. The summed E-state index contributed by atoms with van der Waals surface area (Å²) >= 11 is 0. The Balaban J connectivity index is 1.55. The molecule has 0 saturated carbocycles. The van der Waals surface area contributed by atoms with E-state index in [4.69, 9.17) is 4.74 Å². The van der Waals surface area contributed by atoms with E-state index in [0.29, 0.717) is 18.8 Å². The molecule has 3 rings (SSSR count). The molecule has 1 fully saturated rings. The largest absolute Gasteiger partial charge is 0.494 e. The maximum absolute atomic E-state index is 13.4. The molecule has 3 N–H and O–H groups in total. The van der Waals surface area contributed by atoms with Crippen LogP contribution in [0.15, 0.2) is 53.4 Å². The topological polar surface area (TPSA) is 99.8 Å². The van der Waals surface area contributed by atoms with Crippen LogP contribution < -0.4 is 20.9 Å². The van der Waals surface area contributed by atoms with Crippen LogP contribution >= 0.6 is 0 Å². The molecule has 1 aliphatic heterocycles. The van der Waals surface area contributed by atoms with Crippen LogP contribution in [-0.4, -0.2) is 45.0 Å². The van der Waals surface area contributed by atoms with Gasteiger partial charge in [-0.3, -0.25) is 4.79 Å². The third kappa shape index (κ3) is 5.33. The highest BCUT2D eigenvalue weighted by Crippen LogP contribution is 2.22. The van der Waals surface area contributed by atoms with Crippen LogP contribution in [0.5, 0.6) is 5.75 Å². The van der Waals surface area contributed by atoms with Gasteiger partial charge in [0.15, 0.2) is 0 Å². The highest BCUT2D eigenvalue weighted by atomic mass is 32.2. The Morgan fingerprint density at radius 3 is 2.63 bits per heavy atom. The van der Waals surface area contributed by atoms with Crippen molar-refractivity contribution in [1.29, 1.82) is 0 Å². The van der Waals surface area contributed by atoms with Gasteiger partial charge in [0.1, 0.15) is 11.6 Å². The number of nitrogens with one attached hydrogen (secondary N) is 3. The first-order valence-corrected chi connectivity index (χ1v) is 11.0. The van der Waals surface area contributed by atoms with Crippen LogP contribution in [0, 0.1) is 5.82 Å². The second-order valence-electron chi connectivity index (χ2n) is 6.92. The summed E-state index contributed by atoms with van der Waals surface area (Å²) < 4.78 is 45.1. The number of ether oxygens (including phenoxy) is 1. The SMILES string of the molecule is CCOc1ccc(S(=O)(=O)N(C)CC(=O)NC2CC(c3cccc(F)c3)NN2)cc1. The molecule has 8 nitrogen and oxygen atoms in total. The number of carbonyl (C=O) groups is 1. The molecule has 1 saturated heterocycles. The first-order chi connectivity index (χ1) is 14.3. The number of halogens is 1. The van der Waals surface area contributed by atoms with Crippen LogP contribution in [0.4, 0.5) is 4.39 Å². The first-order valence-electron chi connectivity index (χ1n) is 9.54. The average molecular weight is 437 g/mol. The molecule has 2 atom stereocenters. The Morgan fingerprint density at radius 2 is 1.97 bits per heavy atom. The zero-order valence-corrected chi connectivity index (χ0v) is 17.6. The van der Waals surface area contributed by atoms with Crippen LogP contribution in [0.3, 0.4) is 0 Å². The number of amides is 1. The summed E-state index contributed by atoms with van der Waals surface area (Å²) in [6.07, 6.45) is 0.0808. The van der Waals surface area contributed by atoms with Gasteiger partial charge in [-0.2, -0.15) is 4.31 Å². The zero-order chi connectivity index (χ0) is 21.7. The Labute approximate surface area is 175 Å². The number of hydrogen-bond donors (Lipinski definition) is 3. The fourth-order valence-corrected chi connectivity index (χ4v) is 4.30. The third-order valence-electron chi connectivity index (χ3n) is 4.70. The molecule has 10 heteroatoms. The molecule has 2 aromatic rings. The van der Waals surface area contributed by atoms with Gasteiger partial charge in [-0.15, -0.1) is 0 Å². The van der Waals surface area contributed by atoms with E-state index in [0.717, 1.165) is 9.87 Å². The molecule has 1 aliphatic rings. The Kier molecular flexibility index (Phi) is 7.03. The van der Waals surface area contributed by atoms with Gasteiger partial charge in [0.25, 0.3) is 0 Å². The number of sulfonamides is 1. The number of carbonyl (C=O) groups excluding carboxylic acids is 1. The lowest BCUT2D eigenvalue weighted by atomic mass is 10.0. The minimum absolute atomic E-state index is 0.0769. The molecule has 1 heterocycles. The van der Waals surface area contributed by atoms with Crippen LogP contribution in [0.2, 0.25) is 0 Å². The standard InChI is InChI=1S/C20H25FN4O4S/c1-3-29-16-7-9-17(10-8-16)30(27,28)25(2)13-20(26)22-19-12-18(23-24-19)14-5-4-6-15(21)11-14/h4-11,18-19,23-24H,3,12-13H2,1-2H3,(H,22,26). The van der Waals surface area contributed by atoms with Crippen molar-refractivity contribution in [2.75, 3.05) is 20.2 Å². The third-order valence-corrected chi connectivity index (χ3v) is 6.52. The normalized spacial score (nSPS) is 19.1. The summed E-state index contributed by atoms with van der Waals surface area (Å²) in [7, 11) is -2.47. The van der Waals surface area contributed by atoms with E-state index in [9.17, 15) is 17.6 Å². The molecular weight excluding hydrogens is 411 g/mol. The highest BCUT2D eigenvalue weighted by molar-refractivity contribution is 7.89. The molecule has 162 valence electrons. The summed E-state index contributed by atoms with van der Waals surface area (Å²) in [4.78, 5) is 12.4. The molecule has 0 aliphatic carbocycles. The van der Waals surface area contributed by atoms with Crippen molar-refractivity contribution in [2.45, 2.75) is 30.4 Å². The molecule has 0 aromatic heterocycles. The van der Waals surface area contributed by atoms with Gasteiger partial charge in [0.2, 0.25) is 15.9 Å². The number of nitrogens with zero attached hydrogens (tertiary/aromatic N) is 1. The van der Waals surface area contributed by atoms with Crippen molar-refractivity contribution < 1.29 is 22.3 Å². The number of benzene rings is 2. The predicted molar refractivity (Wildman–Crippen MR) is 109 cm³/mol. The van der Waals surface area contributed by atoms with Gasteiger partial charge in [-0.25, -0.2) is 23.7 Å². The lowest BCUT2D eigenvalue weighted by Crippen LogP contribution is -2.48. The van der Waals surface area contributed by atoms with Crippen molar-refractivity contribution in [3.63, 3.8) is 0 Å². The summed E-state index contributed by atoms with van der Waals surface area (Å²) in [5.41, 5.74) is 6.70. The summed E-state index contributed by atoms with van der Waals surface area (Å²) in [5.74, 6) is -0.210. The summed E-state index contributed by atoms with van der Waals surface area (Å²) in [6.45, 7) is 1.99. The zero-order valence-electron chi connectivity index (χ0n) is 16.8. The highest BCUT2D eigenvalue weighted by Gasteiger charge is 2.28. The van der Waals surface area contributed by atoms with E-state index in [2.05, 4.69) is 16.2 Å². The van der Waals surface area contributed by atoms with Crippen LogP contribution in [-0.2, 0) is 14.8 Å². The summed E-state index contributed by atoms with van der Waals surface area (Å²) in [6, 6.07) is 12.1. The Morgan fingerprint density at radius 1 is 1.23 bits per heavy atom. The van der Waals surface area contributed by atoms with E-state index in [-0.39, 0.29) is 23.3 Å². The average Bonchev–Trinajstić information content (AvgIpc) is 3.17. The molecule has 0 spiro atoms. The quantitative estimate of drug-likeness (QED) is 0.580. The van der Waals surface area contributed by atoms with E-state index < -0.39 is 22.1 Å². The first kappa shape index (κ1) is 22.2. The minimum atomic E-state index is -3.82. The van der Waals surface area contributed by atoms with Crippen molar-refractivity contribution in [3.05, 3.63) is 59.9 Å². The predicted octanol–water partition coefficient (Wildman–Crippen LogP) is 1.53. The van der Waals surface area contributed by atoms with Crippen LogP contribution in [0.1, 0.15) is 24.9 Å². The molecule has 2 unspecified atom stereocenters. The number of hydrogen-bond acceptors (Lipinski definition) is 6. The van der Waals surface area contributed by atoms with Gasteiger partial charge >= 0.3 is 0 Å². The van der Waals surface area contributed by atoms with E-state index >= 15 is 0 Å². The fourth-order valence-electron chi connectivity index (χ4n) is 3.17. The smallest absolute Gasteiger partial charge is 0.243 e. The summed E-state index contributed by atoms with van der Waals surface area (Å²) in [5, 5.41) is 2.74. The van der Waals surface area contributed by atoms with Gasteiger partial charge in [0, 0.05) is 19.5 Å². The number of hydrazine groups is 1. The van der Waals surface area contributed by atoms with Gasteiger partial charge in [0.05, 0.1) is 24.2 Å². The van der Waals surface area contributed by atoms with E-state index in [1.54, 1.807) is 24.3 Å². The van der Waals surface area contributed by atoms with E-state index in [1.807, 2.05) is 6.92 Å². The van der Waals surface area contributed by atoms with E-state index in [1.165, 1.54) is 31.3 Å². The fraction of sp³-hybridized carbons (Fsp3) is 0.350. The van der Waals surface area contributed by atoms with Gasteiger partial charge in [-0.1, -0.05) is 12.1 Å². The van der Waals surface area contributed by atoms with Crippen molar-refractivity contribution in [3.8, 4) is 5.75 Å². The molecule has 1 amide bonds. The monoisotopic (exact) mass is 436 g/mol. The molecule has 0 radical (unpaired) electrons. The Bertz CT molecular complexity index is 985. The van der Waals surface area contributed by atoms with Crippen LogP contribution in [0.25, 0.3) is 0 Å². The maximum Gasteiger partial charge on any atom is 0.243 e. The van der Waals surface area contributed by atoms with Gasteiger partial charge in [-0.05, 0) is 48.9 Å². The number of rotatable bonds is 8. The second-order valence-corrected chi connectivity index (χ2v) is 8.96. The second kappa shape index (κ2) is 9.52. The molecular formula is C20H25FN4O4S. The van der Waals surface area contributed by atoms with Gasteiger partial charge < -0.3 is 10.1 Å². The molecule has 2 aromatic carbocycles. The lowest BCUT2D eigenvalue weighted by molar-refractivity contribution is -0.121. The van der Waals surface area contributed by atoms with Crippen molar-refractivity contribution in [2.24, 2.45) is 0 Å². The lowest BCUT2D eigenvalue weighted by Gasteiger charge is -2.19. The number of likely N-dealkylation sites (N-methyl/N-ethyl adjacent to an activating group) is 1. The maximum atomic E-state index is 13.4. The molecule has 30 heavy (non-hydrogen) atoms. The molecule has 0 bridgehead atoms. The van der Waals surface area contributed by atoms with Crippen molar-refractivity contribution >= 4 is 15.9 Å². The minimum Gasteiger partial charge on any atom is -0.494 e. The van der Waals surface area contributed by atoms with Crippen molar-refractivity contribution in [1.82, 2.24) is 20.5 Å².